The Labute approximate surface area is 134 Å². The first-order chi connectivity index (χ1) is 10.6. The van der Waals surface area contributed by atoms with Crippen LogP contribution in [0.2, 0.25) is 0 Å². The third-order valence-electron chi connectivity index (χ3n) is 3.65. The molecule has 0 saturated heterocycles. The minimum atomic E-state index is -0.202. The molecule has 5 nitrogen and oxygen atoms in total. The molecule has 0 aromatic carbocycles. The molecular formula is C16H21N3O2S. The van der Waals surface area contributed by atoms with E-state index in [2.05, 4.69) is 15.3 Å². The van der Waals surface area contributed by atoms with E-state index >= 15 is 0 Å². The third kappa shape index (κ3) is 4.35. The van der Waals surface area contributed by atoms with Crippen LogP contribution in [0.5, 0.6) is 0 Å². The molecule has 0 aliphatic rings. The number of hydrogen-bond donors (Lipinski definition) is 2. The van der Waals surface area contributed by atoms with Gasteiger partial charge in [0.25, 0.3) is 0 Å². The van der Waals surface area contributed by atoms with Gasteiger partial charge in [-0.05, 0) is 18.1 Å². The molecule has 0 aliphatic heterocycles. The first kappa shape index (κ1) is 16.6. The number of nitrogens with zero attached hydrogens (tertiary/aromatic N) is 2. The number of aliphatic hydroxyl groups is 1. The van der Waals surface area contributed by atoms with Crippen LogP contribution < -0.4 is 5.32 Å². The van der Waals surface area contributed by atoms with Gasteiger partial charge in [0.1, 0.15) is 5.01 Å². The van der Waals surface area contributed by atoms with Crippen molar-refractivity contribution in [3.63, 3.8) is 0 Å². The number of nitrogens with one attached hydrogen (secondary N) is 1. The smallest absolute Gasteiger partial charge is 0.226 e. The second-order valence-corrected chi connectivity index (χ2v) is 6.14. The molecule has 0 saturated carbocycles. The maximum Gasteiger partial charge on any atom is 0.226 e. The van der Waals surface area contributed by atoms with Crippen LogP contribution in [-0.2, 0) is 11.2 Å². The van der Waals surface area contributed by atoms with Crippen LogP contribution in [0.4, 0.5) is 0 Å². The van der Waals surface area contributed by atoms with E-state index in [-0.39, 0.29) is 30.9 Å². The molecule has 2 atom stereocenters. The molecule has 1 amide bonds. The van der Waals surface area contributed by atoms with Gasteiger partial charge in [0.2, 0.25) is 5.91 Å². The van der Waals surface area contributed by atoms with Crippen molar-refractivity contribution in [3.8, 4) is 10.7 Å². The highest BCUT2D eigenvalue weighted by Crippen LogP contribution is 2.21. The van der Waals surface area contributed by atoms with Gasteiger partial charge < -0.3 is 10.4 Å². The van der Waals surface area contributed by atoms with Crippen molar-refractivity contribution >= 4 is 17.2 Å². The Bertz CT molecular complexity index is 600. The number of pyridine rings is 1. The van der Waals surface area contributed by atoms with Crippen molar-refractivity contribution in [1.82, 2.24) is 15.3 Å². The average Bonchev–Trinajstić information content (AvgIpc) is 3.01. The van der Waals surface area contributed by atoms with Crippen LogP contribution in [0, 0.1) is 5.92 Å². The molecule has 6 heteroatoms. The minimum Gasteiger partial charge on any atom is -0.394 e. The highest BCUT2D eigenvalue weighted by molar-refractivity contribution is 7.13. The second-order valence-electron chi connectivity index (χ2n) is 5.28. The number of carbonyl (C=O) groups is 1. The Morgan fingerprint density at radius 1 is 1.45 bits per heavy atom. The fourth-order valence-corrected chi connectivity index (χ4v) is 2.86. The molecule has 0 radical (unpaired) electrons. The Kier molecular flexibility index (Phi) is 6.03. The zero-order chi connectivity index (χ0) is 15.9. The summed E-state index contributed by atoms with van der Waals surface area (Å²) in [5, 5.41) is 14.9. The van der Waals surface area contributed by atoms with Crippen molar-refractivity contribution in [1.29, 1.82) is 0 Å². The fraction of sp³-hybridized carbons (Fsp3) is 0.438. The standard InChI is InChI=1S/C16H21N3O2S/c1-3-11(2)14(9-20)19-15(21)8-12-10-22-16(18-12)13-6-4-5-7-17-13/h4-7,10-11,14,20H,3,8-9H2,1-2H3,(H,19,21)/t11-,14-/m1/s1. The fourth-order valence-electron chi connectivity index (χ4n) is 2.07. The number of aliphatic hydroxyl groups excluding tert-OH is 1. The summed E-state index contributed by atoms with van der Waals surface area (Å²) in [4.78, 5) is 20.8. The molecule has 0 aliphatic carbocycles. The van der Waals surface area contributed by atoms with E-state index in [0.29, 0.717) is 0 Å². The van der Waals surface area contributed by atoms with Crippen molar-refractivity contribution in [2.45, 2.75) is 32.7 Å². The summed E-state index contributed by atoms with van der Waals surface area (Å²) in [6.07, 6.45) is 2.85. The lowest BCUT2D eigenvalue weighted by atomic mass is 10.00. The quantitative estimate of drug-likeness (QED) is 0.821. The molecule has 2 N–H and O–H groups in total. The number of aromatic nitrogens is 2. The van der Waals surface area contributed by atoms with E-state index in [1.165, 1.54) is 11.3 Å². The summed E-state index contributed by atoms with van der Waals surface area (Å²) < 4.78 is 0. The molecule has 118 valence electrons. The molecule has 0 bridgehead atoms. The normalized spacial score (nSPS) is 13.6. The molecule has 0 fully saturated rings. The van der Waals surface area contributed by atoms with E-state index in [9.17, 15) is 9.90 Å². The van der Waals surface area contributed by atoms with E-state index < -0.39 is 0 Å². The van der Waals surface area contributed by atoms with Crippen molar-refractivity contribution in [2.75, 3.05) is 6.61 Å². The Morgan fingerprint density at radius 3 is 2.91 bits per heavy atom. The molecule has 22 heavy (non-hydrogen) atoms. The number of carbonyl (C=O) groups excluding carboxylic acids is 1. The highest BCUT2D eigenvalue weighted by atomic mass is 32.1. The summed E-state index contributed by atoms with van der Waals surface area (Å²) >= 11 is 1.48. The molecule has 0 unspecified atom stereocenters. The van der Waals surface area contributed by atoms with Gasteiger partial charge >= 0.3 is 0 Å². The zero-order valence-corrected chi connectivity index (χ0v) is 13.6. The van der Waals surface area contributed by atoms with E-state index in [1.54, 1.807) is 6.20 Å². The van der Waals surface area contributed by atoms with Crippen LogP contribution in [0.3, 0.4) is 0 Å². The maximum absolute atomic E-state index is 12.1. The SMILES string of the molecule is CC[C@@H](C)[C@@H](CO)NC(=O)Cc1csc(-c2ccccn2)n1. The van der Waals surface area contributed by atoms with Gasteiger partial charge in [0.05, 0.1) is 30.5 Å². The average molecular weight is 319 g/mol. The summed E-state index contributed by atoms with van der Waals surface area (Å²) in [6.45, 7) is 4.01. The van der Waals surface area contributed by atoms with Crippen molar-refractivity contribution < 1.29 is 9.90 Å². The summed E-state index contributed by atoms with van der Waals surface area (Å²) in [5.41, 5.74) is 1.54. The molecule has 2 aromatic heterocycles. The number of amides is 1. The lowest BCUT2D eigenvalue weighted by Crippen LogP contribution is -2.42. The Balaban J connectivity index is 1.96. The van der Waals surface area contributed by atoms with Crippen molar-refractivity contribution in [3.05, 3.63) is 35.5 Å². The lowest BCUT2D eigenvalue weighted by Gasteiger charge is -2.21. The van der Waals surface area contributed by atoms with Gasteiger partial charge in [-0.2, -0.15) is 0 Å². The lowest BCUT2D eigenvalue weighted by molar-refractivity contribution is -0.121. The molecule has 2 aromatic rings. The Hall–Kier alpha value is -1.79. The summed E-state index contributed by atoms with van der Waals surface area (Å²) in [6, 6.07) is 5.46. The summed E-state index contributed by atoms with van der Waals surface area (Å²) in [5.74, 6) is 0.130. The third-order valence-corrected chi connectivity index (χ3v) is 4.56. The van der Waals surface area contributed by atoms with Crippen molar-refractivity contribution in [2.24, 2.45) is 5.92 Å². The molecular weight excluding hydrogens is 298 g/mol. The van der Waals surface area contributed by atoms with Crippen LogP contribution in [0.1, 0.15) is 26.0 Å². The predicted octanol–water partition coefficient (Wildman–Crippen LogP) is 2.27. The van der Waals surface area contributed by atoms with Crippen LogP contribution in [0.25, 0.3) is 10.7 Å². The largest absolute Gasteiger partial charge is 0.394 e. The van der Waals surface area contributed by atoms with Gasteiger partial charge in [0, 0.05) is 11.6 Å². The second kappa shape index (κ2) is 8.00. The minimum absolute atomic E-state index is 0.0446. The monoisotopic (exact) mass is 319 g/mol. The van der Waals surface area contributed by atoms with Gasteiger partial charge in [-0.1, -0.05) is 26.3 Å². The number of hydrogen-bond acceptors (Lipinski definition) is 5. The van der Waals surface area contributed by atoms with Gasteiger partial charge in [-0.3, -0.25) is 9.78 Å². The van der Waals surface area contributed by atoms with Crippen LogP contribution in [-0.4, -0.2) is 33.6 Å². The molecule has 2 heterocycles. The predicted molar refractivity (Wildman–Crippen MR) is 87.5 cm³/mol. The molecule has 0 spiro atoms. The maximum atomic E-state index is 12.1. The van der Waals surface area contributed by atoms with Gasteiger partial charge in [-0.15, -0.1) is 11.3 Å². The number of rotatable bonds is 7. The topological polar surface area (TPSA) is 75.1 Å². The van der Waals surface area contributed by atoms with Crippen LogP contribution >= 0.6 is 11.3 Å². The number of thiazole rings is 1. The molecule has 2 rings (SSSR count). The Morgan fingerprint density at radius 2 is 2.27 bits per heavy atom. The van der Waals surface area contributed by atoms with E-state index in [0.717, 1.165) is 22.8 Å². The van der Waals surface area contributed by atoms with Gasteiger partial charge in [0.15, 0.2) is 0 Å². The van der Waals surface area contributed by atoms with Crippen LogP contribution in [0.15, 0.2) is 29.8 Å². The van der Waals surface area contributed by atoms with Gasteiger partial charge in [-0.25, -0.2) is 4.98 Å². The zero-order valence-electron chi connectivity index (χ0n) is 12.8. The highest BCUT2D eigenvalue weighted by Gasteiger charge is 2.18. The van der Waals surface area contributed by atoms with E-state index in [4.69, 9.17) is 0 Å². The summed E-state index contributed by atoms with van der Waals surface area (Å²) in [7, 11) is 0. The van der Waals surface area contributed by atoms with E-state index in [1.807, 2.05) is 37.4 Å². The first-order valence-corrected chi connectivity index (χ1v) is 8.28. The first-order valence-electron chi connectivity index (χ1n) is 7.40.